The van der Waals surface area contributed by atoms with Crippen LogP contribution in [0.15, 0.2) is 58.4 Å². The fraction of sp³-hybridized carbons (Fsp3) is 0.318. The minimum atomic E-state index is -3.67. The number of hydrogen-bond acceptors (Lipinski definition) is 5. The van der Waals surface area contributed by atoms with Crippen LogP contribution in [-0.4, -0.2) is 32.1 Å². The Morgan fingerprint density at radius 2 is 1.61 bits per heavy atom. The van der Waals surface area contributed by atoms with Crippen LogP contribution in [0.25, 0.3) is 0 Å². The lowest BCUT2D eigenvalue weighted by Gasteiger charge is -2.17. The lowest BCUT2D eigenvalue weighted by atomic mass is 10.0. The quantitative estimate of drug-likeness (QED) is 0.640. The van der Waals surface area contributed by atoms with Gasteiger partial charge in [0, 0.05) is 22.9 Å². The van der Waals surface area contributed by atoms with Crippen LogP contribution in [0.3, 0.4) is 0 Å². The van der Waals surface area contributed by atoms with E-state index in [1.807, 2.05) is 13.8 Å². The lowest BCUT2D eigenvalue weighted by Crippen LogP contribution is -2.34. The summed E-state index contributed by atoms with van der Waals surface area (Å²) in [4.78, 5) is 29.4. The van der Waals surface area contributed by atoms with Gasteiger partial charge in [0.15, 0.2) is 0 Å². The molecule has 8 nitrogen and oxygen atoms in total. The van der Waals surface area contributed by atoms with Crippen molar-refractivity contribution in [3.05, 3.63) is 54.1 Å². The molecule has 2 aromatic rings. The van der Waals surface area contributed by atoms with E-state index in [0.29, 0.717) is 16.9 Å². The average Bonchev–Trinajstić information content (AvgIpc) is 3.54. The van der Waals surface area contributed by atoms with Crippen molar-refractivity contribution in [3.8, 4) is 0 Å². The number of hydrogen-bond donors (Lipinski definition) is 3. The summed E-state index contributed by atoms with van der Waals surface area (Å²) < 4.78 is 27.1. The number of nitrogens with one attached hydrogen (secondary N) is 3. The summed E-state index contributed by atoms with van der Waals surface area (Å²) in [6.45, 7) is 3.69. The van der Waals surface area contributed by atoms with Gasteiger partial charge in [-0.05, 0) is 55.2 Å². The number of carbonyl (C=O) groups excluding carboxylic acids is 2. The van der Waals surface area contributed by atoms with Gasteiger partial charge in [0.2, 0.25) is 11.8 Å². The van der Waals surface area contributed by atoms with Crippen molar-refractivity contribution in [3.63, 3.8) is 0 Å². The molecule has 1 aliphatic carbocycles. The summed E-state index contributed by atoms with van der Waals surface area (Å²) in [7, 11) is -3.67. The second kappa shape index (κ2) is 8.14. The summed E-state index contributed by atoms with van der Waals surface area (Å²) in [6.07, 6.45) is 1.86. The number of aliphatic imine (C=N–C) groups is 1. The first-order chi connectivity index (χ1) is 14.7. The molecule has 1 fully saturated rings. The fourth-order valence-electron chi connectivity index (χ4n) is 3.32. The van der Waals surface area contributed by atoms with E-state index in [0.717, 1.165) is 12.8 Å². The third kappa shape index (κ3) is 4.61. The van der Waals surface area contributed by atoms with Crippen LogP contribution in [0.4, 0.5) is 11.4 Å². The van der Waals surface area contributed by atoms with E-state index in [1.54, 1.807) is 42.5 Å². The van der Waals surface area contributed by atoms with Crippen LogP contribution in [0, 0.1) is 11.8 Å². The van der Waals surface area contributed by atoms with Gasteiger partial charge < -0.3 is 10.6 Å². The zero-order chi connectivity index (χ0) is 22.2. The number of anilines is 2. The van der Waals surface area contributed by atoms with Crippen LogP contribution >= 0.6 is 0 Å². The zero-order valence-electron chi connectivity index (χ0n) is 17.3. The second-order valence-corrected chi connectivity index (χ2v) is 9.75. The number of carbonyl (C=O) groups is 2. The highest BCUT2D eigenvalue weighted by molar-refractivity contribution is 7.90. The third-order valence-electron chi connectivity index (χ3n) is 5.20. The van der Waals surface area contributed by atoms with Gasteiger partial charge in [0.1, 0.15) is 11.9 Å². The second-order valence-electron chi connectivity index (χ2n) is 8.10. The molecule has 162 valence electrons. The Morgan fingerprint density at radius 3 is 2.23 bits per heavy atom. The number of benzene rings is 2. The van der Waals surface area contributed by atoms with E-state index in [2.05, 4.69) is 20.3 Å². The Morgan fingerprint density at radius 1 is 1.00 bits per heavy atom. The number of fused-ring (bicyclic) bond motifs is 1. The molecule has 0 bridgehead atoms. The molecule has 0 aromatic heterocycles. The van der Waals surface area contributed by atoms with Crippen molar-refractivity contribution < 1.29 is 18.0 Å². The minimum Gasteiger partial charge on any atom is -0.326 e. The topological polar surface area (TPSA) is 117 Å². The summed E-state index contributed by atoms with van der Waals surface area (Å²) in [6, 6.07) is 12.6. The predicted octanol–water partition coefficient (Wildman–Crippen LogP) is 2.74. The summed E-state index contributed by atoms with van der Waals surface area (Å²) in [5, 5.41) is 5.67. The van der Waals surface area contributed by atoms with E-state index >= 15 is 0 Å². The third-order valence-corrected chi connectivity index (χ3v) is 6.60. The van der Waals surface area contributed by atoms with Gasteiger partial charge in [-0.2, -0.15) is 0 Å². The summed E-state index contributed by atoms with van der Waals surface area (Å²) >= 11 is 0. The van der Waals surface area contributed by atoms with Crippen molar-refractivity contribution in [1.29, 1.82) is 0 Å². The minimum absolute atomic E-state index is 0.0202. The Hall–Kier alpha value is -3.20. The molecule has 1 aliphatic heterocycles. The van der Waals surface area contributed by atoms with Crippen molar-refractivity contribution in [2.45, 2.75) is 37.6 Å². The van der Waals surface area contributed by atoms with Crippen LogP contribution in [0.2, 0.25) is 0 Å². The number of sulfonamides is 1. The molecule has 0 unspecified atom stereocenters. The first kappa shape index (κ1) is 21.0. The van der Waals surface area contributed by atoms with Crippen LogP contribution in [-0.2, 0) is 19.6 Å². The van der Waals surface area contributed by atoms with Gasteiger partial charge in [-0.1, -0.05) is 26.0 Å². The highest BCUT2D eigenvalue weighted by atomic mass is 32.2. The molecule has 1 saturated carbocycles. The van der Waals surface area contributed by atoms with Crippen LogP contribution < -0.4 is 15.4 Å². The summed E-state index contributed by atoms with van der Waals surface area (Å²) in [5.41, 5.74) is 1.69. The van der Waals surface area contributed by atoms with Gasteiger partial charge in [-0.25, -0.2) is 8.42 Å². The Bertz CT molecular complexity index is 1150. The van der Waals surface area contributed by atoms with Gasteiger partial charge in [-0.3, -0.25) is 19.3 Å². The number of rotatable bonds is 6. The maximum absolute atomic E-state index is 12.9. The largest absolute Gasteiger partial charge is 0.326 e. The molecule has 31 heavy (non-hydrogen) atoms. The maximum Gasteiger partial charge on any atom is 0.263 e. The van der Waals surface area contributed by atoms with E-state index in [9.17, 15) is 18.0 Å². The highest BCUT2D eigenvalue weighted by Gasteiger charge is 2.33. The van der Waals surface area contributed by atoms with Crippen molar-refractivity contribution >= 4 is 39.0 Å². The highest BCUT2D eigenvalue weighted by Crippen LogP contribution is 2.30. The van der Waals surface area contributed by atoms with E-state index in [-0.39, 0.29) is 34.4 Å². The molecule has 4 rings (SSSR count). The molecule has 0 spiro atoms. The Kier molecular flexibility index (Phi) is 5.53. The smallest absolute Gasteiger partial charge is 0.263 e. The summed E-state index contributed by atoms with van der Waals surface area (Å²) in [5.74, 6) is -0.208. The van der Waals surface area contributed by atoms with E-state index in [1.165, 1.54) is 6.07 Å². The predicted molar refractivity (Wildman–Crippen MR) is 118 cm³/mol. The van der Waals surface area contributed by atoms with Crippen molar-refractivity contribution in [2.75, 3.05) is 10.6 Å². The Balaban J connectivity index is 1.49. The zero-order valence-corrected chi connectivity index (χ0v) is 18.1. The Labute approximate surface area is 181 Å². The average molecular weight is 441 g/mol. The molecule has 2 amide bonds. The standard InChI is InChI=1S/C22H24N4O4S/c1-13(2)19(25-20-17-5-3-4-6-18(17)31(29,30)26-20)22(28)24-16-11-9-15(10-12-16)23-21(27)14-7-8-14/h3-6,9-14,19H,7-8H2,1-2H3,(H,23,27)(H,24,28)(H,25,26)/t19-/m0/s1. The number of amidine groups is 1. The van der Waals surface area contributed by atoms with Gasteiger partial charge in [-0.15, -0.1) is 0 Å². The molecule has 1 atom stereocenters. The molecule has 2 aliphatic rings. The van der Waals surface area contributed by atoms with Crippen molar-refractivity contribution in [2.24, 2.45) is 16.8 Å². The first-order valence-corrected chi connectivity index (χ1v) is 11.6. The lowest BCUT2D eigenvalue weighted by molar-refractivity contribution is -0.118. The molecule has 9 heteroatoms. The number of amides is 2. The molecule has 3 N–H and O–H groups in total. The first-order valence-electron chi connectivity index (χ1n) is 10.2. The SMILES string of the molecule is CC(C)[C@H](N=C1NS(=O)(=O)c2ccccc21)C(=O)Nc1ccc(NC(=O)C2CC2)cc1. The van der Waals surface area contributed by atoms with Gasteiger partial charge in [0.05, 0.1) is 4.90 Å². The fourth-order valence-corrected chi connectivity index (χ4v) is 4.56. The molecule has 2 aromatic carbocycles. The monoisotopic (exact) mass is 440 g/mol. The molecule has 0 saturated heterocycles. The molecule has 0 radical (unpaired) electrons. The van der Waals surface area contributed by atoms with E-state index in [4.69, 9.17) is 0 Å². The van der Waals surface area contributed by atoms with Crippen LogP contribution in [0.5, 0.6) is 0 Å². The molecule has 1 heterocycles. The number of nitrogens with zero attached hydrogens (tertiary/aromatic N) is 1. The normalized spacial score (nSPS) is 18.9. The van der Waals surface area contributed by atoms with Gasteiger partial charge in [0.25, 0.3) is 10.0 Å². The van der Waals surface area contributed by atoms with E-state index < -0.39 is 16.1 Å². The van der Waals surface area contributed by atoms with Crippen LogP contribution in [0.1, 0.15) is 32.3 Å². The maximum atomic E-state index is 12.9. The van der Waals surface area contributed by atoms with Gasteiger partial charge >= 0.3 is 0 Å². The molecular weight excluding hydrogens is 416 g/mol. The molecular formula is C22H24N4O4S. The van der Waals surface area contributed by atoms with Crippen molar-refractivity contribution in [1.82, 2.24) is 4.72 Å².